The highest BCUT2D eigenvalue weighted by molar-refractivity contribution is 6.31. The zero-order chi connectivity index (χ0) is 27.5. The van der Waals surface area contributed by atoms with Gasteiger partial charge < -0.3 is 24.8 Å². The number of nitrogens with zero attached hydrogens (tertiary/aromatic N) is 2. The molecule has 0 spiro atoms. The second-order valence-electron chi connectivity index (χ2n) is 12.3. The van der Waals surface area contributed by atoms with E-state index in [1.807, 2.05) is 20.8 Å². The Bertz CT molecular complexity index is 1290. The number of carbonyl (C=O) groups excluding carboxylic acids is 1. The quantitative estimate of drug-likeness (QED) is 0.481. The van der Waals surface area contributed by atoms with E-state index in [9.17, 15) is 19.4 Å². The Balaban J connectivity index is 1.22. The Labute approximate surface area is 227 Å². The fraction of sp³-hybridized carbons (Fsp3) is 0.586. The molecule has 2 unspecified atom stereocenters. The summed E-state index contributed by atoms with van der Waals surface area (Å²) >= 11 is 5.86. The van der Waals surface area contributed by atoms with Crippen LogP contribution >= 0.6 is 11.6 Å². The molecule has 1 aromatic heterocycles. The van der Waals surface area contributed by atoms with Gasteiger partial charge in [0.1, 0.15) is 22.7 Å². The number of carbonyl (C=O) groups is 1. The number of imidazole rings is 1. The minimum absolute atomic E-state index is 0.0162. The van der Waals surface area contributed by atoms with Crippen molar-refractivity contribution in [2.24, 2.45) is 18.9 Å². The molecule has 204 valence electrons. The van der Waals surface area contributed by atoms with Crippen LogP contribution in [0.4, 0.5) is 10.1 Å². The van der Waals surface area contributed by atoms with Crippen LogP contribution in [0.5, 0.6) is 0 Å². The average Bonchev–Trinajstić information content (AvgIpc) is 3.44. The summed E-state index contributed by atoms with van der Waals surface area (Å²) in [5.74, 6) is 5.72. The fourth-order valence-corrected chi connectivity index (χ4v) is 6.57. The molecule has 2 aromatic rings. The standard InChI is InChI=1S/C29H35ClFN3O4/c1-27(2,3)38-21-14-29(37,15-21)8-7-28(36)12-18-9-17(10-19(18)13-28)24-25(34(4)16-32-24)26(35)33-20-5-6-23(31)22(30)11-20/h5-6,11,16-19,21,36-37H,9-10,12-15H2,1-4H3,(H,33,35). The van der Waals surface area contributed by atoms with E-state index in [1.165, 1.54) is 18.2 Å². The average molecular weight is 544 g/mol. The molecule has 3 aliphatic carbocycles. The number of hydrogen-bond acceptors (Lipinski definition) is 5. The molecule has 3 N–H and O–H groups in total. The van der Waals surface area contributed by atoms with Crippen LogP contribution in [0.1, 0.15) is 81.4 Å². The molecule has 38 heavy (non-hydrogen) atoms. The molecule has 3 aliphatic rings. The lowest BCUT2D eigenvalue weighted by atomic mass is 9.77. The van der Waals surface area contributed by atoms with E-state index in [4.69, 9.17) is 16.3 Å². The summed E-state index contributed by atoms with van der Waals surface area (Å²) in [5.41, 5.74) is -0.875. The van der Waals surface area contributed by atoms with Gasteiger partial charge in [0.25, 0.3) is 5.91 Å². The van der Waals surface area contributed by atoms with Gasteiger partial charge in [-0.3, -0.25) is 4.79 Å². The SMILES string of the molecule is Cn1cnc(C2CC3CC(O)(C#CC4(O)CC(OC(C)(C)C)C4)CC3C2)c1C(=O)Nc1ccc(F)c(Cl)c1. The predicted octanol–water partition coefficient (Wildman–Crippen LogP) is 4.81. The molecule has 9 heteroatoms. The van der Waals surface area contributed by atoms with Crippen LogP contribution in [0, 0.1) is 29.5 Å². The predicted molar refractivity (Wildman–Crippen MR) is 142 cm³/mol. The molecule has 1 amide bonds. The van der Waals surface area contributed by atoms with Crippen LogP contribution < -0.4 is 5.32 Å². The molecule has 3 saturated carbocycles. The van der Waals surface area contributed by atoms with E-state index in [2.05, 4.69) is 22.1 Å². The number of aliphatic hydroxyl groups is 2. The molecule has 0 radical (unpaired) electrons. The van der Waals surface area contributed by atoms with Gasteiger partial charge in [0.15, 0.2) is 0 Å². The molecule has 1 heterocycles. The number of ether oxygens (including phenoxy) is 1. The van der Waals surface area contributed by atoms with Gasteiger partial charge >= 0.3 is 0 Å². The Hall–Kier alpha value is -2.44. The van der Waals surface area contributed by atoms with Crippen molar-refractivity contribution >= 4 is 23.2 Å². The van der Waals surface area contributed by atoms with E-state index < -0.39 is 17.0 Å². The number of aromatic nitrogens is 2. The van der Waals surface area contributed by atoms with Crippen molar-refractivity contribution in [3.63, 3.8) is 0 Å². The largest absolute Gasteiger partial charge is 0.378 e. The summed E-state index contributed by atoms with van der Waals surface area (Å²) in [6.07, 6.45) is 5.22. The van der Waals surface area contributed by atoms with Crippen LogP contribution in [0.15, 0.2) is 24.5 Å². The number of anilines is 1. The first-order valence-corrected chi connectivity index (χ1v) is 13.5. The van der Waals surface area contributed by atoms with Crippen LogP contribution in [0.3, 0.4) is 0 Å². The van der Waals surface area contributed by atoms with Crippen LogP contribution in [0.25, 0.3) is 0 Å². The van der Waals surface area contributed by atoms with Gasteiger partial charge in [0, 0.05) is 31.5 Å². The summed E-state index contributed by atoms with van der Waals surface area (Å²) in [6.45, 7) is 5.97. The van der Waals surface area contributed by atoms with Crippen molar-refractivity contribution < 1.29 is 24.1 Å². The highest BCUT2D eigenvalue weighted by atomic mass is 35.5. The van der Waals surface area contributed by atoms with Crippen LogP contribution in [-0.4, -0.2) is 48.6 Å². The number of fused-ring (bicyclic) bond motifs is 1. The zero-order valence-corrected chi connectivity index (χ0v) is 23.0. The van der Waals surface area contributed by atoms with E-state index >= 15 is 0 Å². The number of aryl methyl sites for hydroxylation is 1. The third-order valence-corrected chi connectivity index (χ3v) is 8.25. The van der Waals surface area contributed by atoms with E-state index in [0.717, 1.165) is 18.5 Å². The van der Waals surface area contributed by atoms with Crippen molar-refractivity contribution in [3.05, 3.63) is 46.8 Å². The molecular weight excluding hydrogens is 509 g/mol. The molecule has 0 saturated heterocycles. The number of hydrogen-bond donors (Lipinski definition) is 3. The van der Waals surface area contributed by atoms with Crippen molar-refractivity contribution in [1.82, 2.24) is 9.55 Å². The molecule has 1 aromatic carbocycles. The normalized spacial score (nSPS) is 32.3. The highest BCUT2D eigenvalue weighted by Crippen LogP contribution is 2.54. The Kier molecular flexibility index (Phi) is 6.88. The number of halogens is 2. The Morgan fingerprint density at radius 2 is 1.76 bits per heavy atom. The van der Waals surface area contributed by atoms with Crippen molar-refractivity contribution in [3.8, 4) is 11.8 Å². The van der Waals surface area contributed by atoms with Crippen molar-refractivity contribution in [1.29, 1.82) is 0 Å². The number of rotatable bonds is 4. The molecule has 2 atom stereocenters. The molecule has 3 fully saturated rings. The maximum absolute atomic E-state index is 13.5. The molecule has 5 rings (SSSR count). The van der Waals surface area contributed by atoms with Gasteiger partial charge in [-0.2, -0.15) is 0 Å². The lowest BCUT2D eigenvalue weighted by Crippen LogP contribution is -2.50. The summed E-state index contributed by atoms with van der Waals surface area (Å²) < 4.78 is 21.1. The number of nitrogens with one attached hydrogen (secondary N) is 1. The minimum Gasteiger partial charge on any atom is -0.378 e. The zero-order valence-electron chi connectivity index (χ0n) is 22.2. The lowest BCUT2D eigenvalue weighted by molar-refractivity contribution is -0.156. The van der Waals surface area contributed by atoms with E-state index in [1.54, 1.807) is 17.9 Å². The summed E-state index contributed by atoms with van der Waals surface area (Å²) in [6, 6.07) is 4.06. The third kappa shape index (κ3) is 5.62. The summed E-state index contributed by atoms with van der Waals surface area (Å²) in [7, 11) is 1.77. The smallest absolute Gasteiger partial charge is 0.274 e. The Morgan fingerprint density at radius 1 is 1.16 bits per heavy atom. The monoisotopic (exact) mass is 543 g/mol. The summed E-state index contributed by atoms with van der Waals surface area (Å²) in [5, 5.41) is 24.7. The first-order valence-electron chi connectivity index (χ1n) is 13.2. The van der Waals surface area contributed by atoms with Crippen LogP contribution in [-0.2, 0) is 11.8 Å². The molecule has 7 nitrogen and oxygen atoms in total. The first-order chi connectivity index (χ1) is 17.7. The Morgan fingerprint density at radius 3 is 2.34 bits per heavy atom. The maximum Gasteiger partial charge on any atom is 0.274 e. The second kappa shape index (κ2) is 9.63. The van der Waals surface area contributed by atoms with Crippen molar-refractivity contribution in [2.75, 3.05) is 5.32 Å². The molecule has 0 bridgehead atoms. The van der Waals surface area contributed by atoms with Gasteiger partial charge in [0.05, 0.1) is 28.7 Å². The van der Waals surface area contributed by atoms with Gasteiger partial charge in [-0.25, -0.2) is 9.37 Å². The molecule has 0 aliphatic heterocycles. The van der Waals surface area contributed by atoms with Gasteiger partial charge in [-0.05, 0) is 76.5 Å². The first kappa shape index (κ1) is 27.1. The van der Waals surface area contributed by atoms with Crippen LogP contribution in [0.2, 0.25) is 5.02 Å². The maximum atomic E-state index is 13.5. The topological polar surface area (TPSA) is 96.6 Å². The van der Waals surface area contributed by atoms with Gasteiger partial charge in [-0.15, -0.1) is 0 Å². The highest BCUT2D eigenvalue weighted by Gasteiger charge is 2.50. The van der Waals surface area contributed by atoms with E-state index in [0.29, 0.717) is 37.1 Å². The summed E-state index contributed by atoms with van der Waals surface area (Å²) in [4.78, 5) is 17.7. The van der Waals surface area contributed by atoms with Crippen molar-refractivity contribution in [2.45, 2.75) is 88.1 Å². The number of amides is 1. The lowest BCUT2D eigenvalue weighted by Gasteiger charge is -2.42. The number of benzene rings is 1. The second-order valence-corrected chi connectivity index (χ2v) is 12.7. The fourth-order valence-electron chi connectivity index (χ4n) is 6.39. The van der Waals surface area contributed by atoms with Gasteiger partial charge in [-0.1, -0.05) is 23.4 Å². The third-order valence-electron chi connectivity index (χ3n) is 7.96. The molecular formula is C29H35ClFN3O4. The minimum atomic E-state index is -1.11. The van der Waals surface area contributed by atoms with Gasteiger partial charge in [0.2, 0.25) is 0 Å². The van der Waals surface area contributed by atoms with E-state index in [-0.39, 0.29) is 40.4 Å².